The number of hydroxylamine groups is 3. The summed E-state index contributed by atoms with van der Waals surface area (Å²) in [6, 6.07) is 0. The molecule has 0 radical (unpaired) electrons. The van der Waals surface area contributed by atoms with Crippen LogP contribution in [0.5, 0.6) is 0 Å². The summed E-state index contributed by atoms with van der Waals surface area (Å²) in [6.07, 6.45) is 26.9. The summed E-state index contributed by atoms with van der Waals surface area (Å²) >= 11 is 0. The van der Waals surface area contributed by atoms with Gasteiger partial charge in [-0.05, 0) is 12.8 Å². The standard InChI is InChI=1S/C23H50NO.ClH/c1-4-5-6-7-8-9-10-11-12-13-14-15-16-17-18-19-20-21-22-23-24(2,3)25;/h25H,4-23H2,1-3H3;1H/q+1;/p-1. The van der Waals surface area contributed by atoms with E-state index in [9.17, 15) is 5.21 Å². The van der Waals surface area contributed by atoms with Crippen LogP contribution in [-0.2, 0) is 0 Å². The van der Waals surface area contributed by atoms with Gasteiger partial charge >= 0.3 is 0 Å². The van der Waals surface area contributed by atoms with Gasteiger partial charge in [-0.2, -0.15) is 4.65 Å². The molecule has 0 spiro atoms. The number of hydrogen-bond acceptors (Lipinski definition) is 1. The van der Waals surface area contributed by atoms with E-state index >= 15 is 0 Å². The van der Waals surface area contributed by atoms with E-state index in [2.05, 4.69) is 6.92 Å². The molecule has 1 N–H and O–H groups in total. The number of nitrogens with zero attached hydrogens (tertiary/aromatic N) is 1. The summed E-state index contributed by atoms with van der Waals surface area (Å²) in [7, 11) is 3.71. The van der Waals surface area contributed by atoms with E-state index in [1.54, 1.807) is 0 Å². The van der Waals surface area contributed by atoms with Gasteiger partial charge in [0.25, 0.3) is 0 Å². The van der Waals surface area contributed by atoms with Crippen molar-refractivity contribution in [1.82, 2.24) is 0 Å². The zero-order valence-electron chi connectivity index (χ0n) is 18.4. The highest BCUT2D eigenvalue weighted by atomic mass is 35.5. The number of quaternary nitrogens is 1. The normalized spacial score (nSPS) is 11.5. The molecule has 26 heavy (non-hydrogen) atoms. The molecule has 0 aliphatic rings. The van der Waals surface area contributed by atoms with Crippen LogP contribution in [-0.4, -0.2) is 30.5 Å². The van der Waals surface area contributed by atoms with Crippen LogP contribution in [0.15, 0.2) is 0 Å². The van der Waals surface area contributed by atoms with E-state index in [1.807, 2.05) is 14.1 Å². The molecule has 0 atom stereocenters. The summed E-state index contributed by atoms with van der Waals surface area (Å²) in [6.45, 7) is 3.18. The molecule has 0 saturated heterocycles. The Bertz CT molecular complexity index is 253. The van der Waals surface area contributed by atoms with Gasteiger partial charge in [-0.1, -0.05) is 116 Å². The quantitative estimate of drug-likeness (QED) is 0.178. The van der Waals surface area contributed by atoms with Gasteiger partial charge in [-0.3, -0.25) is 0 Å². The Kier molecular flexibility index (Phi) is 23.5. The van der Waals surface area contributed by atoms with Crippen molar-refractivity contribution in [2.24, 2.45) is 0 Å². The molecule has 0 unspecified atom stereocenters. The van der Waals surface area contributed by atoms with Crippen molar-refractivity contribution < 1.29 is 22.3 Å². The first-order chi connectivity index (χ1) is 12.1. The fourth-order valence-corrected chi connectivity index (χ4v) is 3.58. The van der Waals surface area contributed by atoms with E-state index in [0.29, 0.717) is 0 Å². The molecule has 2 nitrogen and oxygen atoms in total. The maximum absolute atomic E-state index is 9.60. The van der Waals surface area contributed by atoms with Gasteiger partial charge in [0.15, 0.2) is 0 Å². The third-order valence-electron chi connectivity index (χ3n) is 5.31. The van der Waals surface area contributed by atoms with Crippen LogP contribution in [0.2, 0.25) is 0 Å². The molecule has 0 saturated carbocycles. The van der Waals surface area contributed by atoms with E-state index in [4.69, 9.17) is 0 Å². The predicted octanol–water partition coefficient (Wildman–Crippen LogP) is 4.89. The highest BCUT2D eigenvalue weighted by molar-refractivity contribution is 4.50. The maximum Gasteiger partial charge on any atom is 0.108 e. The molecular formula is C23H50ClNO. The lowest BCUT2D eigenvalue weighted by atomic mass is 10.0. The van der Waals surface area contributed by atoms with Crippen molar-refractivity contribution in [2.75, 3.05) is 20.6 Å². The second kappa shape index (κ2) is 21.5. The van der Waals surface area contributed by atoms with Crippen LogP contribution >= 0.6 is 0 Å². The second-order valence-electron chi connectivity index (χ2n) is 8.71. The molecule has 0 rings (SSSR count). The van der Waals surface area contributed by atoms with Crippen LogP contribution in [0.4, 0.5) is 0 Å². The second-order valence-corrected chi connectivity index (χ2v) is 8.71. The smallest absolute Gasteiger partial charge is 0.108 e. The number of halogens is 1. The minimum atomic E-state index is 0. The average Bonchev–Trinajstić information content (AvgIpc) is 2.56. The Morgan fingerprint density at radius 2 is 0.692 bits per heavy atom. The van der Waals surface area contributed by atoms with Gasteiger partial charge in [-0.25, -0.2) is 5.21 Å². The molecule has 0 aliphatic heterocycles. The van der Waals surface area contributed by atoms with E-state index in [1.165, 1.54) is 116 Å². The summed E-state index contributed by atoms with van der Waals surface area (Å²) in [5.74, 6) is 0. The van der Waals surface area contributed by atoms with E-state index in [0.717, 1.165) is 13.0 Å². The van der Waals surface area contributed by atoms with Crippen LogP contribution < -0.4 is 12.4 Å². The van der Waals surface area contributed by atoms with Crippen molar-refractivity contribution in [1.29, 1.82) is 0 Å². The van der Waals surface area contributed by atoms with Gasteiger partial charge in [0.2, 0.25) is 0 Å². The molecule has 0 aliphatic carbocycles. The Morgan fingerprint density at radius 1 is 0.462 bits per heavy atom. The van der Waals surface area contributed by atoms with Crippen LogP contribution in [0.3, 0.4) is 0 Å². The molecule has 0 amide bonds. The summed E-state index contributed by atoms with van der Waals surface area (Å²) in [5.41, 5.74) is 0. The molecule has 0 aromatic rings. The van der Waals surface area contributed by atoms with Crippen molar-refractivity contribution in [2.45, 2.75) is 129 Å². The van der Waals surface area contributed by atoms with Crippen molar-refractivity contribution >= 4 is 0 Å². The first kappa shape index (κ1) is 28.4. The van der Waals surface area contributed by atoms with Gasteiger partial charge in [0.05, 0.1) is 14.1 Å². The summed E-state index contributed by atoms with van der Waals surface area (Å²) in [4.78, 5) is 0. The van der Waals surface area contributed by atoms with E-state index in [-0.39, 0.29) is 17.1 Å². The Balaban J connectivity index is 0. The largest absolute Gasteiger partial charge is 1.00 e. The van der Waals surface area contributed by atoms with Crippen molar-refractivity contribution in [3.63, 3.8) is 0 Å². The molecule has 0 aromatic carbocycles. The number of unbranched alkanes of at least 4 members (excludes halogenated alkanes) is 18. The molecule has 0 fully saturated rings. The molecule has 0 aromatic heterocycles. The van der Waals surface area contributed by atoms with Crippen LogP contribution in [0.25, 0.3) is 0 Å². The Morgan fingerprint density at radius 3 is 0.923 bits per heavy atom. The molecule has 0 heterocycles. The molecule has 160 valence electrons. The summed E-state index contributed by atoms with van der Waals surface area (Å²) < 4.78 is 0.124. The van der Waals surface area contributed by atoms with Gasteiger partial charge in [-0.15, -0.1) is 0 Å². The lowest BCUT2D eigenvalue weighted by molar-refractivity contribution is -1.07. The maximum atomic E-state index is 9.60. The SMILES string of the molecule is CCCCCCCCCCCCCCCCCCCCC[N+](C)(C)O.[Cl-]. The third-order valence-corrected chi connectivity index (χ3v) is 5.31. The Hall–Kier alpha value is 0.210. The first-order valence-electron chi connectivity index (χ1n) is 11.6. The van der Waals surface area contributed by atoms with Gasteiger partial charge < -0.3 is 12.4 Å². The average molecular weight is 392 g/mol. The minimum absolute atomic E-state index is 0. The highest BCUT2D eigenvalue weighted by Crippen LogP contribution is 2.14. The van der Waals surface area contributed by atoms with Crippen LogP contribution in [0.1, 0.15) is 129 Å². The number of hydrogen-bond donors (Lipinski definition) is 1. The monoisotopic (exact) mass is 391 g/mol. The fraction of sp³-hybridized carbons (Fsp3) is 1.00. The van der Waals surface area contributed by atoms with Gasteiger partial charge in [0, 0.05) is 0 Å². The lowest BCUT2D eigenvalue weighted by Gasteiger charge is -2.18. The minimum Gasteiger partial charge on any atom is -1.00 e. The van der Waals surface area contributed by atoms with Crippen molar-refractivity contribution in [3.05, 3.63) is 0 Å². The Labute approximate surface area is 172 Å². The summed E-state index contributed by atoms with van der Waals surface area (Å²) in [5, 5.41) is 9.60. The topological polar surface area (TPSA) is 20.2 Å². The molecule has 3 heteroatoms. The van der Waals surface area contributed by atoms with Gasteiger partial charge in [0.1, 0.15) is 6.54 Å². The van der Waals surface area contributed by atoms with Crippen LogP contribution in [0, 0.1) is 0 Å². The lowest BCUT2D eigenvalue weighted by Crippen LogP contribution is -3.00. The molecular weight excluding hydrogens is 342 g/mol. The highest BCUT2D eigenvalue weighted by Gasteiger charge is 2.08. The molecule has 0 bridgehead atoms. The fourth-order valence-electron chi connectivity index (χ4n) is 3.58. The zero-order chi connectivity index (χ0) is 18.6. The number of rotatable bonds is 20. The van der Waals surface area contributed by atoms with E-state index < -0.39 is 0 Å². The zero-order valence-corrected chi connectivity index (χ0v) is 19.2. The van der Waals surface area contributed by atoms with Crippen molar-refractivity contribution in [3.8, 4) is 0 Å². The third kappa shape index (κ3) is 26.4. The first-order valence-corrected chi connectivity index (χ1v) is 11.6. The predicted molar refractivity (Wildman–Crippen MR) is 112 cm³/mol.